The van der Waals surface area contributed by atoms with Crippen LogP contribution in [0.2, 0.25) is 0 Å². The maximum absolute atomic E-state index is 14.1. The number of esters is 1. The summed E-state index contributed by atoms with van der Waals surface area (Å²) in [5, 5.41) is 23.6. The molecule has 3 aliphatic rings. The molecule has 2 aliphatic heterocycles. The topological polar surface area (TPSA) is 147 Å². The molecule has 0 saturated heterocycles. The number of carbonyl (C=O) groups is 5. The molecular weight excluding hydrogens is 478 g/mol. The minimum Gasteiger partial charge on any atom is -0.507 e. The molecule has 1 aliphatic carbocycles. The van der Waals surface area contributed by atoms with Gasteiger partial charge in [0, 0.05) is 29.2 Å². The lowest BCUT2D eigenvalue weighted by Crippen LogP contribution is -2.42. The molecule has 1 aromatic carbocycles. The van der Waals surface area contributed by atoms with E-state index in [1.54, 1.807) is 6.08 Å². The lowest BCUT2D eigenvalue weighted by atomic mass is 9.71. The smallest absolute Gasteiger partial charge is 0.321 e. The highest BCUT2D eigenvalue weighted by Gasteiger charge is 2.50. The molecule has 4 atom stereocenters. The molecule has 0 saturated carbocycles. The van der Waals surface area contributed by atoms with Gasteiger partial charge >= 0.3 is 5.97 Å². The van der Waals surface area contributed by atoms with Crippen molar-refractivity contribution in [3.63, 3.8) is 0 Å². The number of aliphatic hydroxyl groups is 1. The molecular formula is C28H29NO8. The van der Waals surface area contributed by atoms with E-state index in [0.29, 0.717) is 12.8 Å². The summed E-state index contributed by atoms with van der Waals surface area (Å²) in [6.07, 6.45) is 4.31. The molecule has 0 fully saturated rings. The van der Waals surface area contributed by atoms with Crippen LogP contribution in [0.1, 0.15) is 76.7 Å². The molecule has 9 heteroatoms. The quantitative estimate of drug-likeness (QED) is 0.409. The summed E-state index contributed by atoms with van der Waals surface area (Å²) in [6, 6.07) is 1.30. The van der Waals surface area contributed by atoms with Crippen molar-refractivity contribution in [3.8, 4) is 5.75 Å². The fourth-order valence-corrected chi connectivity index (χ4v) is 4.94. The van der Waals surface area contributed by atoms with Crippen LogP contribution in [0, 0.1) is 18.3 Å². The predicted molar refractivity (Wildman–Crippen MR) is 132 cm³/mol. The Morgan fingerprint density at radius 2 is 1.84 bits per heavy atom. The average Bonchev–Trinajstić information content (AvgIpc) is 2.98. The summed E-state index contributed by atoms with van der Waals surface area (Å²) in [6.45, 7) is 6.20. The summed E-state index contributed by atoms with van der Waals surface area (Å²) in [5.74, 6) is -4.35. The number of cyclic esters (lactones) is 1. The highest BCUT2D eigenvalue weighted by atomic mass is 16.6. The van der Waals surface area contributed by atoms with Crippen LogP contribution >= 0.6 is 0 Å². The number of rotatable bonds is 2. The van der Waals surface area contributed by atoms with Crippen molar-refractivity contribution in [1.82, 2.24) is 5.32 Å². The standard InChI is InChI=1S/C28H29NO8/c1-5-15-6-8-17(31)21-20-16(12-13(2)24(21)33)25(34)23-22(26(20)35)28(4,11-10-19(32)29-23)27(36)37-18(9-7-15)14(3)30/h7,9-12,14-15,18,30,33H,5-6,8H2,1-4H3,(H,29,32)/t14?,15?,18-,28+/m1/s1. The number of ketones is 3. The molecule has 2 bridgehead atoms. The van der Waals surface area contributed by atoms with Crippen LogP contribution in [-0.4, -0.2) is 51.6 Å². The normalized spacial score (nSPS) is 26.9. The molecule has 0 spiro atoms. The van der Waals surface area contributed by atoms with Gasteiger partial charge in [-0.05, 0) is 57.2 Å². The molecule has 3 N–H and O–H groups in total. The zero-order chi connectivity index (χ0) is 27.2. The average molecular weight is 508 g/mol. The van der Waals surface area contributed by atoms with E-state index in [1.807, 2.05) is 6.92 Å². The van der Waals surface area contributed by atoms with Crippen molar-refractivity contribution in [3.05, 3.63) is 63.9 Å². The second-order valence-corrected chi connectivity index (χ2v) is 9.90. The summed E-state index contributed by atoms with van der Waals surface area (Å²) in [7, 11) is 0. The second-order valence-electron chi connectivity index (χ2n) is 9.90. The third kappa shape index (κ3) is 4.33. The molecule has 2 unspecified atom stereocenters. The highest BCUT2D eigenvalue weighted by molar-refractivity contribution is 6.32. The number of phenolic OH excluding ortho intramolecular Hbond substituents is 1. The van der Waals surface area contributed by atoms with E-state index in [2.05, 4.69) is 5.32 Å². The lowest BCUT2D eigenvalue weighted by Gasteiger charge is -2.32. The van der Waals surface area contributed by atoms with E-state index in [1.165, 1.54) is 39.0 Å². The first-order valence-electron chi connectivity index (χ1n) is 12.2. The second kappa shape index (κ2) is 9.55. The van der Waals surface area contributed by atoms with E-state index >= 15 is 0 Å². The monoisotopic (exact) mass is 507 g/mol. The minimum atomic E-state index is -1.92. The van der Waals surface area contributed by atoms with Crippen molar-refractivity contribution in [2.45, 2.75) is 59.2 Å². The summed E-state index contributed by atoms with van der Waals surface area (Å²) in [4.78, 5) is 67.2. The number of allylic oxidation sites excluding steroid dienone is 2. The Morgan fingerprint density at radius 3 is 2.49 bits per heavy atom. The van der Waals surface area contributed by atoms with Crippen molar-refractivity contribution < 1.29 is 38.9 Å². The van der Waals surface area contributed by atoms with Crippen LogP contribution in [0.15, 0.2) is 41.6 Å². The molecule has 0 aromatic heterocycles. The molecule has 9 nitrogen and oxygen atoms in total. The van der Waals surface area contributed by atoms with Crippen molar-refractivity contribution in [1.29, 1.82) is 0 Å². The number of nitrogens with one attached hydrogen (secondary N) is 1. The van der Waals surface area contributed by atoms with Gasteiger partial charge in [0.2, 0.25) is 11.7 Å². The first kappa shape index (κ1) is 26.2. The Hall–Kier alpha value is -3.85. The lowest BCUT2D eigenvalue weighted by molar-refractivity contribution is -0.157. The van der Waals surface area contributed by atoms with E-state index in [9.17, 15) is 34.2 Å². The predicted octanol–water partition coefficient (Wildman–Crippen LogP) is 2.88. The minimum absolute atomic E-state index is 0.0211. The number of aromatic hydroxyl groups is 1. The third-order valence-electron chi connectivity index (χ3n) is 7.26. The zero-order valence-electron chi connectivity index (χ0n) is 21.1. The Balaban J connectivity index is 2.04. The number of Topliss-reactive ketones (excluding diaryl/α,β-unsaturated/α-hetero) is 3. The van der Waals surface area contributed by atoms with Crippen LogP contribution in [0.5, 0.6) is 5.75 Å². The highest BCUT2D eigenvalue weighted by Crippen LogP contribution is 2.44. The van der Waals surface area contributed by atoms with E-state index < -0.39 is 58.3 Å². The molecule has 194 valence electrons. The molecule has 0 radical (unpaired) electrons. The number of hydrogen-bond acceptors (Lipinski definition) is 8. The number of phenols is 1. The molecule has 4 rings (SSSR count). The summed E-state index contributed by atoms with van der Waals surface area (Å²) >= 11 is 0. The number of aliphatic hydroxyl groups excluding tert-OH is 1. The van der Waals surface area contributed by atoms with Crippen LogP contribution in [0.4, 0.5) is 0 Å². The maximum Gasteiger partial charge on any atom is 0.321 e. The zero-order valence-corrected chi connectivity index (χ0v) is 21.1. The fourth-order valence-electron chi connectivity index (χ4n) is 4.94. The van der Waals surface area contributed by atoms with Gasteiger partial charge in [0.1, 0.15) is 17.3 Å². The summed E-state index contributed by atoms with van der Waals surface area (Å²) < 4.78 is 5.64. The van der Waals surface area contributed by atoms with Crippen molar-refractivity contribution >= 4 is 29.2 Å². The largest absolute Gasteiger partial charge is 0.507 e. The van der Waals surface area contributed by atoms with Gasteiger partial charge in [0.25, 0.3) is 0 Å². The van der Waals surface area contributed by atoms with Crippen LogP contribution in [-0.2, 0) is 14.3 Å². The van der Waals surface area contributed by atoms with Crippen molar-refractivity contribution in [2.75, 3.05) is 0 Å². The number of benzene rings is 1. The Kier molecular flexibility index (Phi) is 6.77. The fraction of sp³-hybridized carbons (Fsp3) is 0.393. The van der Waals surface area contributed by atoms with Gasteiger partial charge in [-0.1, -0.05) is 19.1 Å². The van der Waals surface area contributed by atoms with Gasteiger partial charge in [0.15, 0.2) is 11.6 Å². The SMILES string of the molecule is CCC1C=C[C@H](C(C)O)OC(=O)[C@@]2(C)C=CC(=O)NC3=C2C(=O)c2c(cc(C)c(O)c2C(=O)CC1)C3=O. The molecule has 2 heterocycles. The number of hydrogen-bond donors (Lipinski definition) is 3. The van der Waals surface area contributed by atoms with Gasteiger partial charge in [-0.3, -0.25) is 24.0 Å². The van der Waals surface area contributed by atoms with Gasteiger partial charge in [-0.15, -0.1) is 0 Å². The molecule has 1 aromatic rings. The third-order valence-corrected chi connectivity index (χ3v) is 7.26. The number of ether oxygens (including phenoxy) is 1. The number of carbonyl (C=O) groups excluding carboxylic acids is 5. The van der Waals surface area contributed by atoms with E-state index in [-0.39, 0.29) is 40.2 Å². The maximum atomic E-state index is 14.1. The number of aryl methyl sites for hydroxylation is 1. The van der Waals surface area contributed by atoms with Gasteiger partial charge in [-0.2, -0.15) is 0 Å². The Morgan fingerprint density at radius 1 is 1.14 bits per heavy atom. The van der Waals surface area contributed by atoms with Crippen molar-refractivity contribution in [2.24, 2.45) is 11.3 Å². The van der Waals surface area contributed by atoms with Gasteiger partial charge in [0.05, 0.1) is 17.4 Å². The Labute approximate surface area is 213 Å². The molecule has 37 heavy (non-hydrogen) atoms. The van der Waals surface area contributed by atoms with E-state index in [0.717, 1.165) is 6.08 Å². The van der Waals surface area contributed by atoms with E-state index in [4.69, 9.17) is 4.74 Å². The molecule has 1 amide bonds. The van der Waals surface area contributed by atoms with Crippen LogP contribution in [0.3, 0.4) is 0 Å². The van der Waals surface area contributed by atoms with Gasteiger partial charge < -0.3 is 20.3 Å². The first-order valence-corrected chi connectivity index (χ1v) is 12.2. The Bertz CT molecular complexity index is 1330. The first-order chi connectivity index (χ1) is 17.4. The summed E-state index contributed by atoms with van der Waals surface area (Å²) in [5.41, 5.74) is -3.17. The number of amides is 1. The van der Waals surface area contributed by atoms with Crippen LogP contribution in [0.25, 0.3) is 0 Å². The van der Waals surface area contributed by atoms with Crippen LogP contribution < -0.4 is 5.32 Å². The van der Waals surface area contributed by atoms with Gasteiger partial charge in [-0.25, -0.2) is 0 Å².